The van der Waals surface area contributed by atoms with Gasteiger partial charge in [-0.05, 0) is 61.9 Å². The summed E-state index contributed by atoms with van der Waals surface area (Å²) in [7, 11) is 0. The van der Waals surface area contributed by atoms with Gasteiger partial charge in [0.25, 0.3) is 0 Å². The average Bonchev–Trinajstić information content (AvgIpc) is 2.90. The van der Waals surface area contributed by atoms with Gasteiger partial charge < -0.3 is 9.47 Å². The molecule has 2 aromatic rings. The van der Waals surface area contributed by atoms with Crippen LogP contribution in [0.5, 0.6) is 0 Å². The van der Waals surface area contributed by atoms with Gasteiger partial charge in [0.2, 0.25) is 0 Å². The van der Waals surface area contributed by atoms with Crippen molar-refractivity contribution in [2.75, 3.05) is 13.2 Å². The Labute approximate surface area is 235 Å². The van der Waals surface area contributed by atoms with Gasteiger partial charge in [0.1, 0.15) is 0 Å². The van der Waals surface area contributed by atoms with Crippen LogP contribution in [-0.2, 0) is 9.47 Å². The number of carbonyl (C=O) groups is 2. The van der Waals surface area contributed by atoms with Crippen LogP contribution in [0.25, 0.3) is 0 Å². The summed E-state index contributed by atoms with van der Waals surface area (Å²) < 4.78 is 11.0. The largest absolute Gasteiger partial charge is 0.462 e. The van der Waals surface area contributed by atoms with Gasteiger partial charge in [-0.1, -0.05) is 83.9 Å². The van der Waals surface area contributed by atoms with Crippen molar-refractivity contribution in [1.29, 1.82) is 0 Å². The van der Waals surface area contributed by atoms with Crippen molar-refractivity contribution in [2.45, 2.75) is 95.8 Å². The summed E-state index contributed by atoms with van der Waals surface area (Å²) in [6.07, 6.45) is 8.61. The van der Waals surface area contributed by atoms with E-state index in [0.717, 1.165) is 56.3 Å². The van der Waals surface area contributed by atoms with Crippen LogP contribution in [-0.4, -0.2) is 25.2 Å². The molecule has 0 N–H and O–H groups in total. The molecule has 0 fully saturated rings. The lowest BCUT2D eigenvalue weighted by Crippen LogP contribution is -2.16. The molecule has 0 spiro atoms. The quantitative estimate of drug-likeness (QED) is 0.183. The molecule has 6 heteroatoms. The van der Waals surface area contributed by atoms with Crippen LogP contribution in [0.4, 0.5) is 0 Å². The van der Waals surface area contributed by atoms with Crippen molar-refractivity contribution in [3.05, 3.63) is 59.2 Å². The molecule has 0 aromatic heterocycles. The molecule has 2 rings (SSSR count). The van der Waals surface area contributed by atoms with Crippen LogP contribution in [0.1, 0.15) is 105 Å². The van der Waals surface area contributed by atoms with Crippen molar-refractivity contribution in [2.24, 2.45) is 11.8 Å². The monoisotopic (exact) mass is 546 g/mol. The Morgan fingerprint density at radius 3 is 1.49 bits per heavy atom. The third-order valence-electron chi connectivity index (χ3n) is 6.41. The molecule has 206 valence electrons. The van der Waals surface area contributed by atoms with E-state index in [-0.39, 0.29) is 0 Å². The first-order chi connectivity index (χ1) is 17.7. The third kappa shape index (κ3) is 14.0. The molecule has 0 saturated heterocycles. The minimum atomic E-state index is -0.417. The number of ether oxygens (including phenoxy) is 2. The fourth-order valence-electron chi connectivity index (χ4n) is 3.74. The fourth-order valence-corrected chi connectivity index (χ4v) is 4.17. The number of carbonyl (C=O) groups excluding carboxylic acids is 2. The first-order valence-corrected chi connectivity index (χ1v) is 14.6. The van der Waals surface area contributed by atoms with Gasteiger partial charge in [-0.15, -0.1) is 25.3 Å². The maximum absolute atomic E-state index is 12.5. The number of hydrogen-bond donors (Lipinski definition) is 2. The number of rotatable bonds is 14. The zero-order valence-corrected chi connectivity index (χ0v) is 25.1. The number of hydrogen-bond acceptors (Lipinski definition) is 6. The highest BCUT2D eigenvalue weighted by Crippen LogP contribution is 2.19. The second kappa shape index (κ2) is 19.2. The Bertz CT molecular complexity index is 856. The molecule has 2 atom stereocenters. The van der Waals surface area contributed by atoms with Crippen molar-refractivity contribution < 1.29 is 19.1 Å². The summed E-state index contributed by atoms with van der Waals surface area (Å²) in [6, 6.07) is 12.9. The van der Waals surface area contributed by atoms with Gasteiger partial charge in [-0.25, -0.2) is 9.59 Å². The summed E-state index contributed by atoms with van der Waals surface area (Å²) in [5, 5.41) is 0. The molecule has 0 amide bonds. The topological polar surface area (TPSA) is 52.6 Å². The number of aryl methyl sites for hydroxylation is 1. The molecule has 0 radical (unpaired) electrons. The predicted octanol–water partition coefficient (Wildman–Crippen LogP) is 9.01. The molecule has 37 heavy (non-hydrogen) atoms. The molecule has 2 aromatic carbocycles. The van der Waals surface area contributed by atoms with Gasteiger partial charge in [-0.2, -0.15) is 0 Å². The second-order valence-corrected chi connectivity index (χ2v) is 10.7. The lowest BCUT2D eigenvalue weighted by Gasteiger charge is -2.16. The maximum atomic E-state index is 12.5. The van der Waals surface area contributed by atoms with Crippen molar-refractivity contribution in [3.63, 3.8) is 0 Å². The van der Waals surface area contributed by atoms with E-state index in [1.807, 2.05) is 24.3 Å². The van der Waals surface area contributed by atoms with Crippen LogP contribution >= 0.6 is 25.3 Å². The van der Waals surface area contributed by atoms with E-state index >= 15 is 0 Å². The summed E-state index contributed by atoms with van der Waals surface area (Å²) >= 11 is 8.48. The maximum Gasteiger partial charge on any atom is 0.338 e. The molecule has 0 aliphatic heterocycles. The first-order valence-electron chi connectivity index (χ1n) is 13.7. The van der Waals surface area contributed by atoms with Gasteiger partial charge in [0, 0.05) is 9.79 Å². The molecule has 0 heterocycles. The summed E-state index contributed by atoms with van der Waals surface area (Å²) in [6.45, 7) is 11.4. The highest BCUT2D eigenvalue weighted by Gasteiger charge is 2.17. The molecule has 0 saturated carbocycles. The standard InChI is InChI=1S/C24H38O4S.C7H8S/c1-5-9-11-18(7-3)16-27-23(25)20-13-21(15-22(29)14-20)24(26)28-17-19(8-4)12-10-6-2;1-6-2-4-7(8)5-3-6/h13-15,18-19,29H,5-12,16-17H2,1-4H3;2-5,8H,1H3. The number of benzene rings is 2. The van der Waals surface area contributed by atoms with E-state index in [4.69, 9.17) is 9.47 Å². The van der Waals surface area contributed by atoms with Crippen LogP contribution in [0, 0.1) is 18.8 Å². The Morgan fingerprint density at radius 1 is 0.703 bits per heavy atom. The van der Waals surface area contributed by atoms with Crippen LogP contribution < -0.4 is 0 Å². The van der Waals surface area contributed by atoms with Gasteiger partial charge >= 0.3 is 11.9 Å². The van der Waals surface area contributed by atoms with E-state index in [0.29, 0.717) is 41.1 Å². The van der Waals surface area contributed by atoms with Crippen LogP contribution in [0.2, 0.25) is 0 Å². The Balaban J connectivity index is 0.000000722. The van der Waals surface area contributed by atoms with Crippen molar-refractivity contribution in [3.8, 4) is 0 Å². The predicted molar refractivity (Wildman–Crippen MR) is 159 cm³/mol. The van der Waals surface area contributed by atoms with E-state index in [9.17, 15) is 9.59 Å². The lowest BCUT2D eigenvalue weighted by molar-refractivity contribution is 0.0425. The van der Waals surface area contributed by atoms with Crippen LogP contribution in [0.3, 0.4) is 0 Å². The van der Waals surface area contributed by atoms with E-state index in [1.54, 1.807) is 18.2 Å². The SMILES string of the molecule is CCCCC(CC)COC(=O)c1cc(S)cc(C(=O)OCC(CC)CCCC)c1.Cc1ccc(S)cc1. The zero-order chi connectivity index (χ0) is 27.6. The van der Waals surface area contributed by atoms with E-state index < -0.39 is 11.9 Å². The number of esters is 2. The van der Waals surface area contributed by atoms with Gasteiger partial charge in [0.05, 0.1) is 24.3 Å². The van der Waals surface area contributed by atoms with E-state index in [1.165, 1.54) is 5.56 Å². The fraction of sp³-hybridized carbons (Fsp3) is 0.548. The number of unbranched alkanes of at least 4 members (excludes halogenated alkanes) is 2. The average molecular weight is 547 g/mol. The lowest BCUT2D eigenvalue weighted by atomic mass is 10.0. The van der Waals surface area contributed by atoms with Crippen molar-refractivity contribution >= 4 is 37.2 Å². The highest BCUT2D eigenvalue weighted by molar-refractivity contribution is 7.80. The van der Waals surface area contributed by atoms with E-state index in [2.05, 4.69) is 59.9 Å². The van der Waals surface area contributed by atoms with Gasteiger partial charge in [0.15, 0.2) is 0 Å². The van der Waals surface area contributed by atoms with Crippen LogP contribution in [0.15, 0.2) is 52.3 Å². The van der Waals surface area contributed by atoms with Gasteiger partial charge in [-0.3, -0.25) is 0 Å². The molecular formula is C31H46O4S2. The minimum absolute atomic E-state index is 0.341. The first kappa shape index (κ1) is 33.1. The normalized spacial score (nSPS) is 12.2. The molecule has 4 nitrogen and oxygen atoms in total. The third-order valence-corrected chi connectivity index (χ3v) is 6.97. The molecule has 0 aliphatic rings. The Hall–Kier alpha value is -1.92. The summed E-state index contributed by atoms with van der Waals surface area (Å²) in [5.74, 6) is -0.0909. The Kier molecular flexibility index (Phi) is 17.2. The summed E-state index contributed by atoms with van der Waals surface area (Å²) in [4.78, 5) is 26.5. The minimum Gasteiger partial charge on any atom is -0.462 e. The zero-order valence-electron chi connectivity index (χ0n) is 23.3. The molecule has 0 bridgehead atoms. The summed E-state index contributed by atoms with van der Waals surface area (Å²) in [5.41, 5.74) is 1.96. The Morgan fingerprint density at radius 2 is 1.14 bits per heavy atom. The smallest absolute Gasteiger partial charge is 0.338 e. The molecule has 2 unspecified atom stereocenters. The molecular weight excluding hydrogens is 500 g/mol. The number of thiol groups is 2. The van der Waals surface area contributed by atoms with Crippen molar-refractivity contribution in [1.82, 2.24) is 0 Å². The highest BCUT2D eigenvalue weighted by atomic mass is 32.1. The second-order valence-electron chi connectivity index (χ2n) is 9.63. The molecule has 0 aliphatic carbocycles.